The molecule has 0 spiro atoms. The Hall–Kier alpha value is -1.66. The molecule has 0 atom stereocenters. The number of hydrogen-bond donors (Lipinski definition) is 2. The van der Waals surface area contributed by atoms with Crippen LogP contribution in [0.3, 0.4) is 0 Å². The Morgan fingerprint density at radius 2 is 1.80 bits per heavy atom. The van der Waals surface area contributed by atoms with Gasteiger partial charge in [0.2, 0.25) is 0 Å². The second kappa shape index (κ2) is 5.76. The summed E-state index contributed by atoms with van der Waals surface area (Å²) in [5, 5.41) is 12.1. The molecule has 0 aromatic heterocycles. The molecule has 104 valence electrons. The minimum Gasteiger partial charge on any atom is -0.507 e. The fourth-order valence-corrected chi connectivity index (χ4v) is 1.92. The van der Waals surface area contributed by atoms with Crippen LogP contribution in [-0.4, -0.2) is 11.0 Å². The average molecular weight is 363 g/mol. The van der Waals surface area contributed by atoms with Crippen molar-refractivity contribution in [3.8, 4) is 5.75 Å². The van der Waals surface area contributed by atoms with Gasteiger partial charge in [-0.3, -0.25) is 4.79 Å². The summed E-state index contributed by atoms with van der Waals surface area (Å²) in [6.45, 7) is 0. The molecule has 0 saturated heterocycles. The Bertz CT molecular complexity index is 671. The Kier molecular flexibility index (Phi) is 4.25. The second-order valence-corrected chi connectivity index (χ2v) is 5.10. The van der Waals surface area contributed by atoms with E-state index < -0.39 is 17.5 Å². The number of hydrogen-bond acceptors (Lipinski definition) is 2. The normalized spacial score (nSPS) is 10.4. The Morgan fingerprint density at radius 1 is 1.20 bits per heavy atom. The van der Waals surface area contributed by atoms with Crippen molar-refractivity contribution in [1.82, 2.24) is 0 Å². The highest BCUT2D eigenvalue weighted by Gasteiger charge is 2.14. The van der Waals surface area contributed by atoms with Gasteiger partial charge in [0.1, 0.15) is 17.4 Å². The third kappa shape index (κ3) is 3.08. The SMILES string of the molecule is O=C(Nc1cc(F)c(Br)c(F)c1)c1cc(Cl)ccc1O. The number of nitrogens with one attached hydrogen (secondary N) is 1. The number of anilines is 1. The van der Waals surface area contributed by atoms with Crippen molar-refractivity contribution in [2.24, 2.45) is 0 Å². The van der Waals surface area contributed by atoms with Gasteiger partial charge in [0.05, 0.1) is 10.0 Å². The van der Waals surface area contributed by atoms with E-state index in [0.29, 0.717) is 0 Å². The third-order valence-corrected chi connectivity index (χ3v) is 3.44. The Morgan fingerprint density at radius 3 is 2.40 bits per heavy atom. The van der Waals surface area contributed by atoms with E-state index in [0.717, 1.165) is 12.1 Å². The first-order chi connectivity index (χ1) is 9.38. The molecule has 0 aliphatic heterocycles. The summed E-state index contributed by atoms with van der Waals surface area (Å²) >= 11 is 8.44. The van der Waals surface area contributed by atoms with Gasteiger partial charge < -0.3 is 10.4 Å². The second-order valence-electron chi connectivity index (χ2n) is 3.87. The van der Waals surface area contributed by atoms with Gasteiger partial charge in [0.15, 0.2) is 0 Å². The lowest BCUT2D eigenvalue weighted by Crippen LogP contribution is -2.12. The maximum atomic E-state index is 13.3. The largest absolute Gasteiger partial charge is 0.507 e. The molecule has 20 heavy (non-hydrogen) atoms. The first-order valence-electron chi connectivity index (χ1n) is 5.33. The highest BCUT2D eigenvalue weighted by atomic mass is 79.9. The number of carbonyl (C=O) groups is 1. The number of phenolic OH excluding ortho intramolecular Hbond substituents is 1. The summed E-state index contributed by atoms with van der Waals surface area (Å²) < 4.78 is 26.3. The maximum absolute atomic E-state index is 13.3. The molecule has 2 rings (SSSR count). The van der Waals surface area contributed by atoms with E-state index in [1.807, 2.05) is 0 Å². The molecule has 2 aromatic carbocycles. The summed E-state index contributed by atoms with van der Waals surface area (Å²) in [4.78, 5) is 11.9. The van der Waals surface area contributed by atoms with Crippen molar-refractivity contribution in [1.29, 1.82) is 0 Å². The third-order valence-electron chi connectivity index (χ3n) is 2.44. The van der Waals surface area contributed by atoms with E-state index in [1.165, 1.54) is 18.2 Å². The van der Waals surface area contributed by atoms with E-state index in [-0.39, 0.29) is 26.5 Å². The van der Waals surface area contributed by atoms with Crippen LogP contribution in [0.1, 0.15) is 10.4 Å². The van der Waals surface area contributed by atoms with Crippen LogP contribution in [0.2, 0.25) is 5.02 Å². The Labute approximate surface area is 126 Å². The number of carbonyl (C=O) groups excluding carboxylic acids is 1. The fraction of sp³-hybridized carbons (Fsp3) is 0. The van der Waals surface area contributed by atoms with Gasteiger partial charge in [0.25, 0.3) is 5.91 Å². The fourth-order valence-electron chi connectivity index (χ4n) is 1.52. The van der Waals surface area contributed by atoms with E-state index in [9.17, 15) is 18.7 Å². The van der Waals surface area contributed by atoms with Crippen molar-refractivity contribution >= 4 is 39.1 Å². The molecule has 7 heteroatoms. The van der Waals surface area contributed by atoms with E-state index in [4.69, 9.17) is 11.6 Å². The molecule has 0 aliphatic rings. The zero-order valence-corrected chi connectivity index (χ0v) is 12.1. The van der Waals surface area contributed by atoms with Gasteiger partial charge in [0, 0.05) is 10.7 Å². The Balaban J connectivity index is 2.30. The van der Waals surface area contributed by atoms with Gasteiger partial charge in [-0.25, -0.2) is 8.78 Å². The molecule has 0 aliphatic carbocycles. The summed E-state index contributed by atoms with van der Waals surface area (Å²) in [6, 6.07) is 5.81. The number of halogens is 4. The van der Waals surface area contributed by atoms with E-state index in [2.05, 4.69) is 21.2 Å². The molecule has 0 bridgehead atoms. The van der Waals surface area contributed by atoms with Gasteiger partial charge in [-0.1, -0.05) is 11.6 Å². The monoisotopic (exact) mass is 361 g/mol. The standard InChI is InChI=1S/C13H7BrClF2NO2/c14-12-9(16)4-7(5-10(12)17)18-13(20)8-3-6(15)1-2-11(8)19/h1-5,19H,(H,18,20). The minimum absolute atomic E-state index is 0.0763. The number of amides is 1. The molecule has 3 nitrogen and oxygen atoms in total. The van der Waals surface area contributed by atoms with Crippen molar-refractivity contribution in [3.63, 3.8) is 0 Å². The minimum atomic E-state index is -0.851. The van der Waals surface area contributed by atoms with Crippen molar-refractivity contribution in [3.05, 3.63) is 57.0 Å². The van der Waals surface area contributed by atoms with Gasteiger partial charge in [-0.2, -0.15) is 0 Å². The molecular weight excluding hydrogens is 356 g/mol. The molecule has 0 heterocycles. The van der Waals surface area contributed by atoms with Crippen LogP contribution in [-0.2, 0) is 0 Å². The number of aromatic hydroxyl groups is 1. The zero-order valence-electron chi connectivity index (χ0n) is 9.75. The summed E-state index contributed by atoms with van der Waals surface area (Å²) in [5.41, 5.74) is -0.172. The topological polar surface area (TPSA) is 49.3 Å². The lowest BCUT2D eigenvalue weighted by molar-refractivity contribution is 0.102. The van der Waals surface area contributed by atoms with Crippen LogP contribution >= 0.6 is 27.5 Å². The quantitative estimate of drug-likeness (QED) is 0.781. The van der Waals surface area contributed by atoms with Crippen molar-refractivity contribution in [2.45, 2.75) is 0 Å². The number of benzene rings is 2. The van der Waals surface area contributed by atoms with Crippen LogP contribution in [0.15, 0.2) is 34.8 Å². The van der Waals surface area contributed by atoms with Crippen LogP contribution in [0.5, 0.6) is 5.75 Å². The highest BCUT2D eigenvalue weighted by Crippen LogP contribution is 2.26. The molecule has 1 amide bonds. The van der Waals surface area contributed by atoms with Crippen LogP contribution < -0.4 is 5.32 Å². The molecule has 2 N–H and O–H groups in total. The van der Waals surface area contributed by atoms with E-state index in [1.54, 1.807) is 0 Å². The molecule has 0 fully saturated rings. The smallest absolute Gasteiger partial charge is 0.259 e. The highest BCUT2D eigenvalue weighted by molar-refractivity contribution is 9.10. The lowest BCUT2D eigenvalue weighted by Gasteiger charge is -2.08. The molecular formula is C13H7BrClF2NO2. The molecule has 0 saturated carbocycles. The molecule has 0 unspecified atom stereocenters. The van der Waals surface area contributed by atoms with Crippen LogP contribution in [0, 0.1) is 11.6 Å². The molecule has 0 radical (unpaired) electrons. The van der Waals surface area contributed by atoms with Gasteiger partial charge in [-0.05, 0) is 46.3 Å². The van der Waals surface area contributed by atoms with Crippen molar-refractivity contribution in [2.75, 3.05) is 5.32 Å². The maximum Gasteiger partial charge on any atom is 0.259 e. The van der Waals surface area contributed by atoms with Gasteiger partial charge >= 0.3 is 0 Å². The number of phenols is 1. The van der Waals surface area contributed by atoms with Crippen molar-refractivity contribution < 1.29 is 18.7 Å². The zero-order chi connectivity index (χ0) is 14.9. The van der Waals surface area contributed by atoms with Crippen LogP contribution in [0.25, 0.3) is 0 Å². The predicted molar refractivity (Wildman–Crippen MR) is 75.1 cm³/mol. The first kappa shape index (κ1) is 14.7. The summed E-state index contributed by atoms with van der Waals surface area (Å²) in [5.74, 6) is -2.72. The number of rotatable bonds is 2. The summed E-state index contributed by atoms with van der Waals surface area (Å²) in [6.07, 6.45) is 0. The first-order valence-corrected chi connectivity index (χ1v) is 6.50. The van der Waals surface area contributed by atoms with Gasteiger partial charge in [-0.15, -0.1) is 0 Å². The molecule has 2 aromatic rings. The average Bonchev–Trinajstić information content (AvgIpc) is 2.38. The lowest BCUT2D eigenvalue weighted by atomic mass is 10.2. The predicted octanol–water partition coefficient (Wildman–Crippen LogP) is 4.34. The van der Waals surface area contributed by atoms with Crippen LogP contribution in [0.4, 0.5) is 14.5 Å². The van der Waals surface area contributed by atoms with E-state index >= 15 is 0 Å². The summed E-state index contributed by atoms with van der Waals surface area (Å²) in [7, 11) is 0.